The molecular formula is C9H6ClNO2. The maximum absolute atomic E-state index is 10.5. The van der Waals surface area contributed by atoms with Crippen molar-refractivity contribution in [3.05, 3.63) is 28.7 Å². The quantitative estimate of drug-likeness (QED) is 0.519. The average Bonchev–Trinajstić information content (AvgIpc) is 2.46. The first kappa shape index (κ1) is 8.26. The number of aldehydes is 1. The van der Waals surface area contributed by atoms with Crippen LogP contribution < -0.4 is 0 Å². The molecule has 0 N–H and O–H groups in total. The van der Waals surface area contributed by atoms with E-state index in [0.29, 0.717) is 17.6 Å². The molecule has 0 spiro atoms. The zero-order valence-electron chi connectivity index (χ0n) is 6.87. The van der Waals surface area contributed by atoms with Crippen molar-refractivity contribution in [2.75, 3.05) is 0 Å². The SMILES string of the molecule is Cc1cc2cc(C=O)nc(Cl)c2o1. The fourth-order valence-corrected chi connectivity index (χ4v) is 1.46. The number of pyridine rings is 1. The van der Waals surface area contributed by atoms with E-state index in [4.69, 9.17) is 16.0 Å². The van der Waals surface area contributed by atoms with Crippen LogP contribution in [-0.4, -0.2) is 11.3 Å². The van der Waals surface area contributed by atoms with Crippen LogP contribution in [0.1, 0.15) is 16.2 Å². The Morgan fingerprint density at radius 1 is 1.54 bits per heavy atom. The van der Waals surface area contributed by atoms with Crippen molar-refractivity contribution in [1.29, 1.82) is 0 Å². The van der Waals surface area contributed by atoms with Gasteiger partial charge in [-0.15, -0.1) is 0 Å². The Hall–Kier alpha value is -1.35. The molecule has 2 aromatic rings. The van der Waals surface area contributed by atoms with Crippen molar-refractivity contribution in [2.24, 2.45) is 0 Å². The Morgan fingerprint density at radius 2 is 2.31 bits per heavy atom. The third kappa shape index (κ3) is 1.31. The number of aryl methyl sites for hydroxylation is 1. The van der Waals surface area contributed by atoms with Crippen molar-refractivity contribution in [3.8, 4) is 0 Å². The van der Waals surface area contributed by atoms with E-state index >= 15 is 0 Å². The third-order valence-electron chi connectivity index (χ3n) is 1.72. The van der Waals surface area contributed by atoms with Crippen LogP contribution in [0.4, 0.5) is 0 Å². The highest BCUT2D eigenvalue weighted by molar-refractivity contribution is 6.33. The molecule has 0 aliphatic heterocycles. The van der Waals surface area contributed by atoms with E-state index in [2.05, 4.69) is 4.98 Å². The summed E-state index contributed by atoms with van der Waals surface area (Å²) in [6, 6.07) is 3.46. The fraction of sp³-hybridized carbons (Fsp3) is 0.111. The minimum atomic E-state index is 0.229. The van der Waals surface area contributed by atoms with Crippen molar-refractivity contribution in [2.45, 2.75) is 6.92 Å². The van der Waals surface area contributed by atoms with Crippen LogP contribution in [-0.2, 0) is 0 Å². The number of aromatic nitrogens is 1. The molecule has 2 rings (SSSR count). The second-order valence-electron chi connectivity index (χ2n) is 2.73. The van der Waals surface area contributed by atoms with Crippen LogP contribution >= 0.6 is 11.6 Å². The summed E-state index contributed by atoms with van der Waals surface area (Å²) in [6.07, 6.45) is 0.660. The lowest BCUT2D eigenvalue weighted by Crippen LogP contribution is -1.86. The van der Waals surface area contributed by atoms with Crippen LogP contribution in [0.2, 0.25) is 5.15 Å². The Bertz CT molecular complexity index is 476. The van der Waals surface area contributed by atoms with E-state index in [9.17, 15) is 4.79 Å². The summed E-state index contributed by atoms with van der Waals surface area (Å²) < 4.78 is 5.29. The zero-order chi connectivity index (χ0) is 9.42. The van der Waals surface area contributed by atoms with E-state index in [0.717, 1.165) is 11.1 Å². The molecule has 0 saturated heterocycles. The Morgan fingerprint density at radius 3 is 3.00 bits per heavy atom. The predicted octanol–water partition coefficient (Wildman–Crippen LogP) is 2.60. The number of hydrogen-bond acceptors (Lipinski definition) is 3. The number of rotatable bonds is 1. The van der Waals surface area contributed by atoms with Gasteiger partial charge in [0.05, 0.1) is 0 Å². The molecule has 0 bridgehead atoms. The van der Waals surface area contributed by atoms with E-state index in [1.54, 1.807) is 6.07 Å². The predicted molar refractivity (Wildman–Crippen MR) is 49.1 cm³/mol. The van der Waals surface area contributed by atoms with Gasteiger partial charge >= 0.3 is 0 Å². The van der Waals surface area contributed by atoms with E-state index < -0.39 is 0 Å². The van der Waals surface area contributed by atoms with Crippen LogP contribution in [0.25, 0.3) is 11.0 Å². The van der Waals surface area contributed by atoms with Gasteiger partial charge in [0.15, 0.2) is 17.0 Å². The van der Waals surface area contributed by atoms with Gasteiger partial charge in [-0.05, 0) is 19.1 Å². The normalized spacial score (nSPS) is 10.6. The maximum atomic E-state index is 10.5. The first-order valence-electron chi connectivity index (χ1n) is 3.72. The lowest BCUT2D eigenvalue weighted by atomic mass is 10.2. The van der Waals surface area contributed by atoms with Crippen LogP contribution in [0.15, 0.2) is 16.5 Å². The lowest BCUT2D eigenvalue weighted by molar-refractivity contribution is 0.111. The van der Waals surface area contributed by atoms with Gasteiger partial charge in [0.2, 0.25) is 0 Å². The monoisotopic (exact) mass is 195 g/mol. The molecular weight excluding hydrogens is 190 g/mol. The van der Waals surface area contributed by atoms with Gasteiger partial charge in [0, 0.05) is 5.39 Å². The highest BCUT2D eigenvalue weighted by Crippen LogP contribution is 2.25. The molecule has 0 unspecified atom stereocenters. The number of furan rings is 1. The molecule has 3 nitrogen and oxygen atoms in total. The van der Waals surface area contributed by atoms with Gasteiger partial charge in [-0.25, -0.2) is 4.98 Å². The average molecular weight is 196 g/mol. The minimum Gasteiger partial charge on any atom is -0.458 e. The maximum Gasteiger partial charge on any atom is 0.173 e. The highest BCUT2D eigenvalue weighted by Gasteiger charge is 2.07. The summed E-state index contributed by atoms with van der Waals surface area (Å²) in [5.74, 6) is 0.752. The number of nitrogens with zero attached hydrogens (tertiary/aromatic N) is 1. The van der Waals surface area contributed by atoms with Crippen molar-refractivity contribution in [1.82, 2.24) is 4.98 Å². The summed E-state index contributed by atoms with van der Waals surface area (Å²) in [6.45, 7) is 1.82. The highest BCUT2D eigenvalue weighted by atomic mass is 35.5. The van der Waals surface area contributed by atoms with Gasteiger partial charge in [-0.2, -0.15) is 0 Å². The molecule has 0 fully saturated rings. The first-order chi connectivity index (χ1) is 6.20. The second-order valence-corrected chi connectivity index (χ2v) is 3.09. The van der Waals surface area contributed by atoms with E-state index in [1.165, 1.54) is 0 Å². The summed E-state index contributed by atoms with van der Waals surface area (Å²) in [4.78, 5) is 14.3. The zero-order valence-corrected chi connectivity index (χ0v) is 7.63. The minimum absolute atomic E-state index is 0.229. The molecule has 4 heteroatoms. The summed E-state index contributed by atoms with van der Waals surface area (Å²) >= 11 is 5.79. The molecule has 2 aromatic heterocycles. The van der Waals surface area contributed by atoms with Crippen LogP contribution in [0.3, 0.4) is 0 Å². The molecule has 0 aromatic carbocycles. The van der Waals surface area contributed by atoms with Crippen molar-refractivity contribution >= 4 is 28.9 Å². The Kier molecular flexibility index (Phi) is 1.81. The van der Waals surface area contributed by atoms with Crippen molar-refractivity contribution in [3.63, 3.8) is 0 Å². The van der Waals surface area contributed by atoms with Gasteiger partial charge in [0.1, 0.15) is 11.5 Å². The number of halogens is 1. The summed E-state index contributed by atoms with van der Waals surface area (Å²) in [7, 11) is 0. The van der Waals surface area contributed by atoms with Crippen molar-refractivity contribution < 1.29 is 9.21 Å². The fourth-order valence-electron chi connectivity index (χ4n) is 1.22. The molecule has 0 aliphatic rings. The topological polar surface area (TPSA) is 43.1 Å². The lowest BCUT2D eigenvalue weighted by Gasteiger charge is -1.92. The van der Waals surface area contributed by atoms with Gasteiger partial charge in [-0.3, -0.25) is 4.79 Å². The molecule has 66 valence electrons. The van der Waals surface area contributed by atoms with Gasteiger partial charge in [-0.1, -0.05) is 11.6 Å². The number of carbonyl (C=O) groups excluding carboxylic acids is 1. The molecule has 0 aliphatic carbocycles. The van der Waals surface area contributed by atoms with Crippen LogP contribution in [0.5, 0.6) is 0 Å². The standard InChI is InChI=1S/C9H6ClNO2/c1-5-2-6-3-7(4-12)11-9(10)8(6)13-5/h2-4H,1H3. The van der Waals surface area contributed by atoms with Gasteiger partial charge in [0.25, 0.3) is 0 Å². The van der Waals surface area contributed by atoms with E-state index in [1.807, 2.05) is 13.0 Å². The number of fused-ring (bicyclic) bond motifs is 1. The number of hydrogen-bond donors (Lipinski definition) is 0. The van der Waals surface area contributed by atoms with Gasteiger partial charge < -0.3 is 4.42 Å². The first-order valence-corrected chi connectivity index (χ1v) is 4.10. The van der Waals surface area contributed by atoms with Crippen LogP contribution in [0, 0.1) is 6.92 Å². The molecule has 0 atom stereocenters. The molecule has 0 radical (unpaired) electrons. The Balaban J connectivity index is 2.82. The smallest absolute Gasteiger partial charge is 0.173 e. The second kappa shape index (κ2) is 2.85. The molecule has 0 saturated carbocycles. The van der Waals surface area contributed by atoms with E-state index in [-0.39, 0.29) is 5.15 Å². The number of carbonyl (C=O) groups is 1. The molecule has 2 heterocycles. The summed E-state index contributed by atoms with van der Waals surface area (Å²) in [5, 5.41) is 1.03. The summed E-state index contributed by atoms with van der Waals surface area (Å²) in [5.41, 5.74) is 0.850. The largest absolute Gasteiger partial charge is 0.458 e. The Labute approximate surface area is 79.3 Å². The molecule has 13 heavy (non-hydrogen) atoms. The third-order valence-corrected chi connectivity index (χ3v) is 1.98. The molecule has 0 amide bonds.